The summed E-state index contributed by atoms with van der Waals surface area (Å²) in [6.45, 7) is 3.25. The van der Waals surface area contributed by atoms with Gasteiger partial charge in [0.2, 0.25) is 11.8 Å². The van der Waals surface area contributed by atoms with Gasteiger partial charge in [0.05, 0.1) is 10.7 Å². The first kappa shape index (κ1) is 20.0. The van der Waals surface area contributed by atoms with E-state index in [2.05, 4.69) is 5.32 Å². The van der Waals surface area contributed by atoms with Crippen molar-refractivity contribution < 1.29 is 14.4 Å². The molecular formula is C21H27ClN4O3. The van der Waals surface area contributed by atoms with Gasteiger partial charge in [-0.15, -0.1) is 0 Å². The molecular weight excluding hydrogens is 392 g/mol. The van der Waals surface area contributed by atoms with E-state index in [9.17, 15) is 14.4 Å². The first-order chi connectivity index (χ1) is 14.0. The van der Waals surface area contributed by atoms with E-state index in [4.69, 9.17) is 11.6 Å². The predicted octanol–water partition coefficient (Wildman–Crippen LogP) is 3.08. The van der Waals surface area contributed by atoms with Crippen LogP contribution in [0.4, 0.5) is 10.5 Å². The van der Waals surface area contributed by atoms with Gasteiger partial charge in [-0.25, -0.2) is 4.79 Å². The van der Waals surface area contributed by atoms with Crippen molar-refractivity contribution in [2.45, 2.75) is 51.1 Å². The van der Waals surface area contributed by atoms with Gasteiger partial charge < -0.3 is 20.0 Å². The number of carbonyl (C=O) groups is 3. The Morgan fingerprint density at radius 3 is 2.72 bits per heavy atom. The third kappa shape index (κ3) is 4.20. The summed E-state index contributed by atoms with van der Waals surface area (Å²) in [5, 5.41) is 3.37. The standard InChI is InChI=1S/C21H27ClN4O3/c22-16-7-3-6-15-14-25(21(29)23-19(15)16)12-5-9-18(27)26-13-4-8-17(26)20(28)24-10-1-2-11-24/h3,6-7,17H,1-2,4-5,8-14H2,(H,23,29)/t17-/m0/s1. The number of urea groups is 1. The molecule has 156 valence electrons. The zero-order valence-corrected chi connectivity index (χ0v) is 17.3. The van der Waals surface area contributed by atoms with Gasteiger partial charge in [-0.1, -0.05) is 23.7 Å². The van der Waals surface area contributed by atoms with Crippen LogP contribution in [-0.4, -0.2) is 64.8 Å². The Balaban J connectivity index is 1.29. The lowest BCUT2D eigenvalue weighted by Gasteiger charge is -2.30. The fraction of sp³-hybridized carbons (Fsp3) is 0.571. The second-order valence-electron chi connectivity index (χ2n) is 8.01. The van der Waals surface area contributed by atoms with Crippen LogP contribution in [0.15, 0.2) is 18.2 Å². The molecule has 3 aliphatic heterocycles. The molecule has 2 saturated heterocycles. The summed E-state index contributed by atoms with van der Waals surface area (Å²) >= 11 is 6.15. The van der Waals surface area contributed by atoms with Crippen molar-refractivity contribution in [2.24, 2.45) is 0 Å². The molecule has 1 aromatic rings. The zero-order valence-electron chi connectivity index (χ0n) is 16.5. The van der Waals surface area contributed by atoms with Crippen molar-refractivity contribution in [2.75, 3.05) is 31.5 Å². The number of para-hydroxylation sites is 1. The van der Waals surface area contributed by atoms with E-state index in [-0.39, 0.29) is 23.9 Å². The van der Waals surface area contributed by atoms with Gasteiger partial charge >= 0.3 is 6.03 Å². The molecule has 29 heavy (non-hydrogen) atoms. The topological polar surface area (TPSA) is 73.0 Å². The van der Waals surface area contributed by atoms with E-state index >= 15 is 0 Å². The molecule has 0 radical (unpaired) electrons. The number of amides is 4. The van der Waals surface area contributed by atoms with Crippen LogP contribution in [0, 0.1) is 0 Å². The SMILES string of the molecule is O=C1Nc2c(Cl)cccc2CN1CCCC(=O)N1CCC[C@H]1C(=O)N1CCCC1. The minimum absolute atomic E-state index is 0.0147. The molecule has 4 rings (SSSR count). The molecule has 7 nitrogen and oxygen atoms in total. The molecule has 1 N–H and O–H groups in total. The lowest BCUT2D eigenvalue weighted by molar-refractivity contribution is -0.143. The number of nitrogens with one attached hydrogen (secondary N) is 1. The maximum atomic E-state index is 12.8. The Kier molecular flexibility index (Phi) is 5.94. The molecule has 1 atom stereocenters. The van der Waals surface area contributed by atoms with Crippen LogP contribution < -0.4 is 5.32 Å². The monoisotopic (exact) mass is 418 g/mol. The molecule has 3 heterocycles. The van der Waals surface area contributed by atoms with Crippen molar-refractivity contribution in [1.82, 2.24) is 14.7 Å². The van der Waals surface area contributed by atoms with Crippen molar-refractivity contribution in [3.05, 3.63) is 28.8 Å². The van der Waals surface area contributed by atoms with E-state index in [1.54, 1.807) is 15.9 Å². The number of likely N-dealkylation sites (tertiary alicyclic amines) is 2. The van der Waals surface area contributed by atoms with Crippen LogP contribution >= 0.6 is 11.6 Å². The van der Waals surface area contributed by atoms with Gasteiger partial charge in [-0.2, -0.15) is 0 Å². The van der Waals surface area contributed by atoms with E-state index < -0.39 is 0 Å². The first-order valence-corrected chi connectivity index (χ1v) is 10.8. The molecule has 4 amide bonds. The Morgan fingerprint density at radius 1 is 1.14 bits per heavy atom. The van der Waals surface area contributed by atoms with Crippen molar-refractivity contribution >= 4 is 35.1 Å². The summed E-state index contributed by atoms with van der Waals surface area (Å²) < 4.78 is 0. The van der Waals surface area contributed by atoms with Gasteiger partial charge in [-0.3, -0.25) is 9.59 Å². The van der Waals surface area contributed by atoms with Crippen LogP contribution in [0.1, 0.15) is 44.1 Å². The number of rotatable bonds is 5. The summed E-state index contributed by atoms with van der Waals surface area (Å²) in [5.41, 5.74) is 1.64. The van der Waals surface area contributed by atoms with Gasteiger partial charge in [0.1, 0.15) is 6.04 Å². The lowest BCUT2D eigenvalue weighted by Crippen LogP contribution is -2.47. The number of hydrogen-bond acceptors (Lipinski definition) is 3. The number of anilines is 1. The number of carbonyl (C=O) groups excluding carboxylic acids is 3. The molecule has 0 aliphatic carbocycles. The average molecular weight is 419 g/mol. The smallest absolute Gasteiger partial charge is 0.322 e. The minimum Gasteiger partial charge on any atom is -0.341 e. The van der Waals surface area contributed by atoms with E-state index in [0.29, 0.717) is 43.2 Å². The maximum Gasteiger partial charge on any atom is 0.322 e. The summed E-state index contributed by atoms with van der Waals surface area (Å²) in [7, 11) is 0. The molecule has 2 fully saturated rings. The zero-order chi connectivity index (χ0) is 20.4. The highest BCUT2D eigenvalue weighted by molar-refractivity contribution is 6.34. The molecule has 0 bridgehead atoms. The predicted molar refractivity (Wildman–Crippen MR) is 111 cm³/mol. The van der Waals surface area contributed by atoms with E-state index in [1.165, 1.54) is 0 Å². The average Bonchev–Trinajstić information content (AvgIpc) is 3.41. The Hall–Kier alpha value is -2.28. The Labute approximate surface area is 176 Å². The quantitative estimate of drug-likeness (QED) is 0.798. The van der Waals surface area contributed by atoms with Crippen LogP contribution in [0.3, 0.4) is 0 Å². The lowest BCUT2D eigenvalue weighted by atomic mass is 10.1. The molecule has 0 unspecified atom stereocenters. The molecule has 0 saturated carbocycles. The highest BCUT2D eigenvalue weighted by Gasteiger charge is 2.37. The largest absolute Gasteiger partial charge is 0.341 e. The summed E-state index contributed by atoms with van der Waals surface area (Å²) in [6, 6.07) is 5.07. The fourth-order valence-electron chi connectivity index (χ4n) is 4.52. The second-order valence-corrected chi connectivity index (χ2v) is 8.41. The van der Waals surface area contributed by atoms with E-state index in [0.717, 1.165) is 44.3 Å². The van der Waals surface area contributed by atoms with E-state index in [1.807, 2.05) is 17.0 Å². The van der Waals surface area contributed by atoms with Crippen LogP contribution in [0.25, 0.3) is 0 Å². The molecule has 0 aromatic heterocycles. The number of halogens is 1. The fourth-order valence-corrected chi connectivity index (χ4v) is 4.76. The maximum absolute atomic E-state index is 12.8. The van der Waals surface area contributed by atoms with Crippen molar-refractivity contribution in [1.29, 1.82) is 0 Å². The molecule has 8 heteroatoms. The molecule has 1 aromatic carbocycles. The number of fused-ring (bicyclic) bond motifs is 1. The number of hydrogen-bond donors (Lipinski definition) is 1. The van der Waals surface area contributed by atoms with Crippen molar-refractivity contribution in [3.8, 4) is 0 Å². The molecule has 3 aliphatic rings. The summed E-state index contributed by atoms with van der Waals surface area (Å²) in [4.78, 5) is 43.2. The van der Waals surface area contributed by atoms with Gasteiger partial charge in [0, 0.05) is 39.1 Å². The highest BCUT2D eigenvalue weighted by Crippen LogP contribution is 2.30. The number of benzene rings is 1. The third-order valence-corrected chi connectivity index (χ3v) is 6.39. The Morgan fingerprint density at radius 2 is 1.93 bits per heavy atom. The summed E-state index contributed by atoms with van der Waals surface area (Å²) in [5.74, 6) is 0.123. The normalized spacial score (nSPS) is 21.3. The van der Waals surface area contributed by atoms with Gasteiger partial charge in [0.15, 0.2) is 0 Å². The first-order valence-electron chi connectivity index (χ1n) is 10.5. The third-order valence-electron chi connectivity index (χ3n) is 6.07. The van der Waals surface area contributed by atoms with Crippen LogP contribution in [0.2, 0.25) is 5.02 Å². The van der Waals surface area contributed by atoms with Crippen molar-refractivity contribution in [3.63, 3.8) is 0 Å². The van der Waals surface area contributed by atoms with Crippen LogP contribution in [-0.2, 0) is 16.1 Å². The number of nitrogens with zero attached hydrogens (tertiary/aromatic N) is 3. The second kappa shape index (κ2) is 8.61. The van der Waals surface area contributed by atoms with Crippen LogP contribution in [0.5, 0.6) is 0 Å². The van der Waals surface area contributed by atoms with Gasteiger partial charge in [-0.05, 0) is 43.7 Å². The molecule has 0 spiro atoms. The highest BCUT2D eigenvalue weighted by atomic mass is 35.5. The summed E-state index contributed by atoms with van der Waals surface area (Å²) in [6.07, 6.45) is 4.66. The Bertz CT molecular complexity index is 809. The minimum atomic E-state index is -0.298. The van der Waals surface area contributed by atoms with Gasteiger partial charge in [0.25, 0.3) is 0 Å².